The molecule has 0 spiro atoms. The predicted molar refractivity (Wildman–Crippen MR) is 147 cm³/mol. The van der Waals surface area contributed by atoms with E-state index in [-0.39, 0.29) is 5.41 Å². The Balaban J connectivity index is 1.94. The Morgan fingerprint density at radius 3 is 2.41 bits per heavy atom. The summed E-state index contributed by atoms with van der Waals surface area (Å²) in [4.78, 5) is 2.62. The minimum absolute atomic E-state index is 0.0660. The minimum Gasteiger partial charge on any atom is -0.497 e. The lowest BCUT2D eigenvalue weighted by Crippen LogP contribution is -2.49. The van der Waals surface area contributed by atoms with Gasteiger partial charge in [0.05, 0.1) is 15.2 Å². The van der Waals surface area contributed by atoms with Crippen LogP contribution in [0.4, 0.5) is 0 Å². The van der Waals surface area contributed by atoms with Gasteiger partial charge < -0.3 is 14.4 Å². The largest absolute Gasteiger partial charge is 0.497 e. The summed E-state index contributed by atoms with van der Waals surface area (Å²) < 4.78 is 12.3. The quantitative estimate of drug-likeness (QED) is 0.331. The molecule has 1 saturated heterocycles. The molecule has 1 aliphatic heterocycles. The third kappa shape index (κ3) is 4.22. The van der Waals surface area contributed by atoms with Crippen molar-refractivity contribution in [2.24, 2.45) is 0 Å². The molecule has 1 aliphatic carbocycles. The summed E-state index contributed by atoms with van der Waals surface area (Å²) in [6.07, 6.45) is 4.42. The normalized spacial score (nSPS) is 18.3. The van der Waals surface area contributed by atoms with Crippen LogP contribution in [-0.4, -0.2) is 39.8 Å². The van der Waals surface area contributed by atoms with E-state index in [0.717, 1.165) is 24.6 Å². The number of hydrogen-bond acceptors (Lipinski definition) is 3. The van der Waals surface area contributed by atoms with Crippen molar-refractivity contribution < 1.29 is 9.47 Å². The van der Waals surface area contributed by atoms with E-state index in [2.05, 4.69) is 88.7 Å². The first kappa shape index (κ1) is 24.7. The van der Waals surface area contributed by atoms with Crippen molar-refractivity contribution in [3.8, 4) is 11.5 Å². The zero-order valence-corrected chi connectivity index (χ0v) is 23.1. The molecule has 0 aromatic heterocycles. The topological polar surface area (TPSA) is 21.7 Å². The van der Waals surface area contributed by atoms with Gasteiger partial charge in [0.2, 0.25) is 0 Å². The number of allylic oxidation sites excluding steroid dienone is 1. The highest BCUT2D eigenvalue weighted by atomic mass is 28.3. The zero-order chi connectivity index (χ0) is 24.7. The van der Waals surface area contributed by atoms with Crippen LogP contribution in [-0.2, 0) is 5.41 Å². The molecule has 0 saturated carbocycles. The van der Waals surface area contributed by atoms with Gasteiger partial charge in [0, 0.05) is 35.5 Å². The van der Waals surface area contributed by atoms with Crippen LogP contribution in [0.3, 0.4) is 0 Å². The second kappa shape index (κ2) is 9.29. The molecule has 0 N–H and O–H groups in total. The highest BCUT2D eigenvalue weighted by Gasteiger charge is 2.45. The first-order valence-electron chi connectivity index (χ1n) is 12.6. The molecule has 1 fully saturated rings. The Morgan fingerprint density at radius 1 is 1.12 bits per heavy atom. The molecule has 1 atom stereocenters. The number of rotatable bonds is 7. The monoisotopic (exact) mass is 475 g/mol. The second-order valence-electron chi connectivity index (χ2n) is 11.4. The van der Waals surface area contributed by atoms with Crippen LogP contribution in [0.25, 0.3) is 5.70 Å². The summed E-state index contributed by atoms with van der Waals surface area (Å²) >= 11 is 0. The molecule has 0 bridgehead atoms. The summed E-state index contributed by atoms with van der Waals surface area (Å²) in [5, 5.41) is 1.33. The fraction of sp³-hybridized carbons (Fsp3) is 0.467. The predicted octanol–water partition coefficient (Wildman–Crippen LogP) is 6.64. The van der Waals surface area contributed by atoms with Gasteiger partial charge in [-0.3, -0.25) is 0 Å². The Hall–Kier alpha value is -2.46. The van der Waals surface area contributed by atoms with Gasteiger partial charge >= 0.3 is 0 Å². The lowest BCUT2D eigenvalue weighted by molar-refractivity contribution is 0.351. The van der Waals surface area contributed by atoms with Crippen molar-refractivity contribution >= 4 is 19.0 Å². The van der Waals surface area contributed by atoms with Crippen molar-refractivity contribution in [1.29, 1.82) is 0 Å². The number of nitrogens with zero attached hydrogens (tertiary/aromatic N) is 1. The third-order valence-corrected chi connectivity index (χ3v) is 11.6. The van der Waals surface area contributed by atoms with E-state index in [4.69, 9.17) is 9.47 Å². The molecule has 4 rings (SSSR count). The van der Waals surface area contributed by atoms with Crippen LogP contribution in [0.5, 0.6) is 11.5 Å². The summed E-state index contributed by atoms with van der Waals surface area (Å²) in [7, 11) is -0.360. The van der Waals surface area contributed by atoms with E-state index in [1.165, 1.54) is 46.0 Å². The fourth-order valence-corrected chi connectivity index (χ4v) is 9.91. The Morgan fingerprint density at radius 2 is 1.79 bits per heavy atom. The molecule has 0 amide bonds. The third-order valence-electron chi connectivity index (χ3n) is 7.62. The van der Waals surface area contributed by atoms with Gasteiger partial charge in [-0.05, 0) is 53.6 Å². The van der Waals surface area contributed by atoms with Crippen molar-refractivity contribution in [2.45, 2.75) is 64.6 Å². The molecule has 2 aliphatic rings. The molecule has 1 heterocycles. The molecule has 3 nitrogen and oxygen atoms in total. The lowest BCUT2D eigenvalue weighted by Gasteiger charge is -2.36. The smallest absolute Gasteiger partial charge is 0.123 e. The average molecular weight is 476 g/mol. The number of fused-ring (bicyclic) bond motifs is 1. The molecule has 0 radical (unpaired) electrons. The fourth-order valence-electron chi connectivity index (χ4n) is 6.05. The molecule has 1 unspecified atom stereocenters. The molecule has 34 heavy (non-hydrogen) atoms. The van der Waals surface area contributed by atoms with E-state index in [0.29, 0.717) is 12.1 Å². The number of benzene rings is 2. The van der Waals surface area contributed by atoms with Crippen LogP contribution in [0.15, 0.2) is 54.6 Å². The van der Waals surface area contributed by atoms with Gasteiger partial charge in [0.15, 0.2) is 0 Å². The number of hydrogen-bond donors (Lipinski definition) is 0. The van der Waals surface area contributed by atoms with Gasteiger partial charge in [0.1, 0.15) is 18.1 Å². The number of methoxy groups -OCH3 is 1. The maximum Gasteiger partial charge on any atom is 0.123 e. The lowest BCUT2D eigenvalue weighted by atomic mass is 9.86. The average Bonchev–Trinajstić information content (AvgIpc) is 3.41. The van der Waals surface area contributed by atoms with Crippen LogP contribution < -0.4 is 14.7 Å². The van der Waals surface area contributed by atoms with Crippen LogP contribution in [0, 0.1) is 0 Å². The van der Waals surface area contributed by atoms with Crippen molar-refractivity contribution in [3.05, 3.63) is 71.3 Å². The number of likely N-dealkylation sites (tertiary alicyclic amines) is 1. The van der Waals surface area contributed by atoms with E-state index in [1.807, 2.05) is 6.08 Å². The van der Waals surface area contributed by atoms with Gasteiger partial charge in [-0.1, -0.05) is 70.8 Å². The highest BCUT2D eigenvalue weighted by Crippen LogP contribution is 2.49. The van der Waals surface area contributed by atoms with Crippen LogP contribution in [0.1, 0.15) is 62.8 Å². The van der Waals surface area contributed by atoms with Crippen LogP contribution in [0.2, 0.25) is 13.1 Å². The maximum absolute atomic E-state index is 6.47. The second-order valence-corrected chi connectivity index (χ2v) is 15.9. The van der Waals surface area contributed by atoms with E-state index < -0.39 is 8.07 Å². The molecular formula is C30H41NO2Si. The summed E-state index contributed by atoms with van der Waals surface area (Å²) in [6, 6.07) is 13.5. The first-order chi connectivity index (χ1) is 16.1. The van der Waals surface area contributed by atoms with E-state index >= 15 is 0 Å². The molecule has 2 aromatic carbocycles. The first-order valence-corrected chi connectivity index (χ1v) is 15.7. The Kier molecular flexibility index (Phi) is 6.74. The van der Waals surface area contributed by atoms with Crippen molar-refractivity contribution in [1.82, 2.24) is 4.90 Å². The zero-order valence-electron chi connectivity index (χ0n) is 22.1. The van der Waals surface area contributed by atoms with E-state index in [1.54, 1.807) is 7.11 Å². The van der Waals surface area contributed by atoms with E-state index in [9.17, 15) is 0 Å². The SMILES string of the molecule is C=CCOc1c(C(C)(C)C)cc(OC)cc1[Si](C)(C)C1C(C)=C(N2CCCC2)c2ccccc21. The standard InChI is InChI=1S/C30H41NO2Si/c1-9-18-33-28-25(30(3,4)5)19-22(32-6)20-26(28)34(7,8)29-21(2)27(31-16-12-13-17-31)23-14-10-11-15-24(23)29/h9-11,14-15,19-20,29H,1,12-13,16-18H2,2-8H3. The summed E-state index contributed by atoms with van der Waals surface area (Å²) in [5.41, 5.74) is 7.44. The van der Waals surface area contributed by atoms with Gasteiger partial charge in [-0.2, -0.15) is 0 Å². The molecule has 2 aromatic rings. The van der Waals surface area contributed by atoms with Crippen molar-refractivity contribution in [3.63, 3.8) is 0 Å². The maximum atomic E-state index is 6.47. The minimum atomic E-state index is -2.13. The summed E-state index contributed by atoms with van der Waals surface area (Å²) in [5.74, 6) is 1.95. The van der Waals surface area contributed by atoms with Gasteiger partial charge in [-0.15, -0.1) is 0 Å². The molecule has 4 heteroatoms. The molecular weight excluding hydrogens is 434 g/mol. The number of ether oxygens (including phenoxy) is 2. The Labute approximate surface area is 207 Å². The van der Waals surface area contributed by atoms with Gasteiger partial charge in [-0.25, -0.2) is 0 Å². The van der Waals surface area contributed by atoms with Crippen molar-refractivity contribution in [2.75, 3.05) is 26.8 Å². The highest BCUT2D eigenvalue weighted by molar-refractivity contribution is 6.92. The molecule has 182 valence electrons. The van der Waals surface area contributed by atoms with Gasteiger partial charge in [0.25, 0.3) is 0 Å². The Bertz CT molecular complexity index is 1100. The van der Waals surface area contributed by atoms with Crippen LogP contribution >= 0.6 is 0 Å². The summed E-state index contributed by atoms with van der Waals surface area (Å²) in [6.45, 7) is 20.9.